The standard InChI is InChI=1S/C20H14Cl2N6O3/c1-11(24-17-15(28(30)31)10-23-20(22)26-17)18-25-14-9-5-8-13(21)16(14)19(29)27(18)12-6-3-2-4-7-12/h2-11H,1H3,(H,23,24,26). The summed E-state index contributed by atoms with van der Waals surface area (Å²) in [7, 11) is 0. The molecule has 2 heterocycles. The highest BCUT2D eigenvalue weighted by atomic mass is 35.5. The zero-order valence-corrected chi connectivity index (χ0v) is 17.5. The lowest BCUT2D eigenvalue weighted by Crippen LogP contribution is -2.27. The molecule has 0 spiro atoms. The minimum Gasteiger partial charge on any atom is -0.355 e. The summed E-state index contributed by atoms with van der Waals surface area (Å²) in [6.45, 7) is 1.71. The van der Waals surface area contributed by atoms with Crippen molar-refractivity contribution in [2.45, 2.75) is 13.0 Å². The monoisotopic (exact) mass is 456 g/mol. The number of hydrogen-bond donors (Lipinski definition) is 1. The van der Waals surface area contributed by atoms with Gasteiger partial charge in [-0.25, -0.2) is 9.97 Å². The van der Waals surface area contributed by atoms with Crippen molar-refractivity contribution in [1.82, 2.24) is 19.5 Å². The van der Waals surface area contributed by atoms with Crippen molar-refractivity contribution in [2.75, 3.05) is 5.32 Å². The molecule has 31 heavy (non-hydrogen) atoms. The Kier molecular flexibility index (Phi) is 5.53. The summed E-state index contributed by atoms with van der Waals surface area (Å²) in [5.74, 6) is 0.229. The average Bonchev–Trinajstić information content (AvgIpc) is 2.74. The maximum atomic E-state index is 13.4. The molecule has 0 amide bonds. The highest BCUT2D eigenvalue weighted by Gasteiger charge is 2.23. The Balaban J connectivity index is 1.92. The largest absolute Gasteiger partial charge is 0.355 e. The molecule has 0 aliphatic heterocycles. The smallest absolute Gasteiger partial charge is 0.329 e. The summed E-state index contributed by atoms with van der Waals surface area (Å²) >= 11 is 12.1. The molecule has 4 aromatic rings. The molecule has 156 valence electrons. The van der Waals surface area contributed by atoms with Crippen molar-refractivity contribution in [1.29, 1.82) is 0 Å². The normalized spacial score (nSPS) is 12.0. The number of rotatable bonds is 5. The number of benzene rings is 2. The summed E-state index contributed by atoms with van der Waals surface area (Å²) in [6.07, 6.45) is 1.02. The number of nitrogens with one attached hydrogen (secondary N) is 1. The molecular weight excluding hydrogens is 443 g/mol. The molecule has 0 radical (unpaired) electrons. The van der Waals surface area contributed by atoms with Crippen molar-refractivity contribution in [3.8, 4) is 5.69 Å². The van der Waals surface area contributed by atoms with Crippen LogP contribution in [-0.2, 0) is 0 Å². The van der Waals surface area contributed by atoms with E-state index in [9.17, 15) is 14.9 Å². The summed E-state index contributed by atoms with van der Waals surface area (Å²) < 4.78 is 1.42. The molecule has 0 saturated carbocycles. The van der Waals surface area contributed by atoms with Crippen molar-refractivity contribution in [3.63, 3.8) is 0 Å². The number of aromatic nitrogens is 4. The number of halogens is 2. The Bertz CT molecular complexity index is 1360. The zero-order valence-electron chi connectivity index (χ0n) is 16.0. The SMILES string of the molecule is CC(Nc1nc(Cl)ncc1[N+](=O)[O-])c1nc2cccc(Cl)c2c(=O)n1-c1ccccc1. The number of anilines is 1. The van der Waals surface area contributed by atoms with E-state index in [2.05, 4.69) is 20.3 Å². The number of nitro groups is 1. The molecule has 0 saturated heterocycles. The fraction of sp³-hybridized carbons (Fsp3) is 0.100. The van der Waals surface area contributed by atoms with Gasteiger partial charge in [0.15, 0.2) is 0 Å². The first-order valence-electron chi connectivity index (χ1n) is 9.07. The Morgan fingerprint density at radius 3 is 2.55 bits per heavy atom. The van der Waals surface area contributed by atoms with Gasteiger partial charge in [-0.05, 0) is 42.8 Å². The summed E-state index contributed by atoms with van der Waals surface area (Å²) in [6, 6.07) is 13.2. The van der Waals surface area contributed by atoms with Crippen LogP contribution in [-0.4, -0.2) is 24.4 Å². The molecule has 9 nitrogen and oxygen atoms in total. The molecule has 1 atom stereocenters. The molecule has 2 aromatic carbocycles. The predicted molar refractivity (Wildman–Crippen MR) is 118 cm³/mol. The summed E-state index contributed by atoms with van der Waals surface area (Å²) in [5.41, 5.74) is 0.263. The highest BCUT2D eigenvalue weighted by molar-refractivity contribution is 6.35. The van der Waals surface area contributed by atoms with Crippen molar-refractivity contribution in [3.05, 3.63) is 91.3 Å². The Hall–Kier alpha value is -3.56. The van der Waals surface area contributed by atoms with Crippen LogP contribution in [0, 0.1) is 10.1 Å². The van der Waals surface area contributed by atoms with Crippen molar-refractivity contribution in [2.24, 2.45) is 0 Å². The maximum absolute atomic E-state index is 13.4. The van der Waals surface area contributed by atoms with Crippen LogP contribution in [0.4, 0.5) is 11.5 Å². The molecule has 11 heteroatoms. The molecule has 2 aromatic heterocycles. The quantitative estimate of drug-likeness (QED) is 0.265. The number of hydrogen-bond acceptors (Lipinski definition) is 7. The van der Waals surface area contributed by atoms with E-state index in [1.807, 2.05) is 6.07 Å². The van der Waals surface area contributed by atoms with Crippen LogP contribution >= 0.6 is 23.2 Å². The zero-order chi connectivity index (χ0) is 22.1. The van der Waals surface area contributed by atoms with Crippen LogP contribution in [0.3, 0.4) is 0 Å². The average molecular weight is 457 g/mol. The fourth-order valence-corrected chi connectivity index (χ4v) is 3.57. The molecule has 4 rings (SSSR count). The minimum atomic E-state index is -0.666. The van der Waals surface area contributed by atoms with Crippen LogP contribution in [0.5, 0.6) is 0 Å². The lowest BCUT2D eigenvalue weighted by atomic mass is 10.2. The molecule has 0 aliphatic carbocycles. The van der Waals surface area contributed by atoms with E-state index in [0.29, 0.717) is 17.0 Å². The third-order valence-electron chi connectivity index (χ3n) is 4.56. The van der Waals surface area contributed by atoms with Gasteiger partial charge in [0.05, 0.1) is 32.6 Å². The van der Waals surface area contributed by atoms with Crippen LogP contribution in [0.2, 0.25) is 10.3 Å². The van der Waals surface area contributed by atoms with E-state index >= 15 is 0 Å². The van der Waals surface area contributed by atoms with E-state index < -0.39 is 11.0 Å². The molecule has 0 bridgehead atoms. The maximum Gasteiger partial charge on any atom is 0.329 e. The first kappa shape index (κ1) is 20.7. The van der Waals surface area contributed by atoms with Gasteiger partial charge in [-0.3, -0.25) is 19.5 Å². The van der Waals surface area contributed by atoms with Gasteiger partial charge < -0.3 is 5.32 Å². The lowest BCUT2D eigenvalue weighted by molar-refractivity contribution is -0.384. The third-order valence-corrected chi connectivity index (χ3v) is 5.06. The van der Waals surface area contributed by atoms with Crippen LogP contribution in [0.15, 0.2) is 59.5 Å². The molecule has 1 N–H and O–H groups in total. The molecule has 0 aliphatic rings. The van der Waals surface area contributed by atoms with Gasteiger partial charge in [-0.2, -0.15) is 4.98 Å². The topological polar surface area (TPSA) is 116 Å². The van der Waals surface area contributed by atoms with Gasteiger partial charge in [0.1, 0.15) is 12.0 Å². The summed E-state index contributed by atoms with van der Waals surface area (Å²) in [5, 5.41) is 14.7. The summed E-state index contributed by atoms with van der Waals surface area (Å²) in [4.78, 5) is 36.4. The van der Waals surface area contributed by atoms with Gasteiger partial charge in [0.2, 0.25) is 11.1 Å². The van der Waals surface area contributed by atoms with Crippen molar-refractivity contribution >= 4 is 45.6 Å². The first-order chi connectivity index (χ1) is 14.9. The van der Waals surface area contributed by atoms with E-state index in [4.69, 9.17) is 23.2 Å². The fourth-order valence-electron chi connectivity index (χ4n) is 3.19. The minimum absolute atomic E-state index is 0.0856. The van der Waals surface area contributed by atoms with Gasteiger partial charge in [0, 0.05) is 0 Å². The van der Waals surface area contributed by atoms with Gasteiger partial charge in [-0.15, -0.1) is 0 Å². The van der Waals surface area contributed by atoms with E-state index in [1.165, 1.54) is 4.57 Å². The Morgan fingerprint density at radius 1 is 1.10 bits per heavy atom. The Morgan fingerprint density at radius 2 is 1.84 bits per heavy atom. The number of nitrogens with zero attached hydrogens (tertiary/aromatic N) is 5. The Labute approximate surface area is 185 Å². The van der Waals surface area contributed by atoms with Gasteiger partial charge in [-0.1, -0.05) is 35.9 Å². The lowest BCUT2D eigenvalue weighted by Gasteiger charge is -2.20. The van der Waals surface area contributed by atoms with E-state index in [-0.39, 0.29) is 32.8 Å². The second kappa shape index (κ2) is 8.29. The second-order valence-corrected chi connectivity index (χ2v) is 7.32. The highest BCUT2D eigenvalue weighted by Crippen LogP contribution is 2.28. The van der Waals surface area contributed by atoms with Gasteiger partial charge in [0.25, 0.3) is 5.56 Å². The van der Waals surface area contributed by atoms with E-state index in [0.717, 1.165) is 6.20 Å². The van der Waals surface area contributed by atoms with E-state index in [1.54, 1.807) is 49.4 Å². The van der Waals surface area contributed by atoms with Crippen molar-refractivity contribution < 1.29 is 4.92 Å². The van der Waals surface area contributed by atoms with Crippen LogP contribution in [0.1, 0.15) is 18.8 Å². The number of fused-ring (bicyclic) bond motifs is 1. The van der Waals surface area contributed by atoms with Gasteiger partial charge >= 0.3 is 5.69 Å². The number of para-hydroxylation sites is 1. The van der Waals surface area contributed by atoms with Crippen LogP contribution in [0.25, 0.3) is 16.6 Å². The molecule has 0 fully saturated rings. The van der Waals surface area contributed by atoms with Crippen LogP contribution < -0.4 is 10.9 Å². The molecule has 1 unspecified atom stereocenters. The molecular formula is C20H14Cl2N6O3. The second-order valence-electron chi connectivity index (χ2n) is 6.58. The first-order valence-corrected chi connectivity index (χ1v) is 9.82. The third kappa shape index (κ3) is 3.92. The predicted octanol–water partition coefficient (Wildman–Crippen LogP) is 4.56.